The normalized spacial score (nSPS) is 10.1. The van der Waals surface area contributed by atoms with E-state index in [9.17, 15) is 10.1 Å². The fourth-order valence-electron chi connectivity index (χ4n) is 1.36. The minimum atomic E-state index is -0.435. The summed E-state index contributed by atoms with van der Waals surface area (Å²) in [5.41, 5.74) is 0.990. The molecular formula is C10H9N3O2. The molecule has 0 radical (unpaired) electrons. The highest BCUT2D eigenvalue weighted by Gasteiger charge is 2.13. The number of hydrogen-bond acceptors (Lipinski definition) is 3. The number of aromatic nitrogens is 2. The lowest BCUT2D eigenvalue weighted by atomic mass is 10.2. The largest absolute Gasteiger partial charge is 0.358 e. The molecule has 2 rings (SSSR count). The lowest BCUT2D eigenvalue weighted by Gasteiger charge is -1.99. The maximum absolute atomic E-state index is 10.6. The van der Waals surface area contributed by atoms with E-state index in [2.05, 4.69) is 5.10 Å². The second-order valence-electron chi connectivity index (χ2n) is 3.09. The van der Waals surface area contributed by atoms with Crippen molar-refractivity contribution in [2.75, 3.05) is 0 Å². The second kappa shape index (κ2) is 3.91. The van der Waals surface area contributed by atoms with Crippen LogP contribution < -0.4 is 0 Å². The molecule has 0 fully saturated rings. The first-order valence-corrected chi connectivity index (χ1v) is 4.47. The lowest BCUT2D eigenvalue weighted by Crippen LogP contribution is -2.05. The molecule has 0 amide bonds. The summed E-state index contributed by atoms with van der Waals surface area (Å²) < 4.78 is 1.37. The molecule has 1 heterocycles. The summed E-state index contributed by atoms with van der Waals surface area (Å²) in [4.78, 5) is 10.2. The van der Waals surface area contributed by atoms with Gasteiger partial charge in [-0.25, -0.2) is 0 Å². The van der Waals surface area contributed by atoms with Crippen molar-refractivity contribution in [2.45, 2.75) is 6.54 Å². The van der Waals surface area contributed by atoms with Crippen LogP contribution in [0.15, 0.2) is 42.6 Å². The number of hydrogen-bond donors (Lipinski definition) is 0. The van der Waals surface area contributed by atoms with Gasteiger partial charge in [-0.05, 0) is 10.5 Å². The Hall–Kier alpha value is -2.17. The van der Waals surface area contributed by atoms with Crippen LogP contribution in [0.5, 0.6) is 0 Å². The topological polar surface area (TPSA) is 61.0 Å². The molecule has 1 aromatic carbocycles. The van der Waals surface area contributed by atoms with E-state index in [1.165, 1.54) is 16.9 Å². The fourth-order valence-corrected chi connectivity index (χ4v) is 1.36. The Labute approximate surface area is 86.1 Å². The molecule has 0 saturated carbocycles. The van der Waals surface area contributed by atoms with Crippen molar-refractivity contribution in [1.82, 2.24) is 9.78 Å². The monoisotopic (exact) mass is 203 g/mol. The Morgan fingerprint density at radius 2 is 2.00 bits per heavy atom. The van der Waals surface area contributed by atoms with Gasteiger partial charge in [-0.1, -0.05) is 35.4 Å². The third-order valence-corrected chi connectivity index (χ3v) is 2.06. The van der Waals surface area contributed by atoms with Gasteiger partial charge in [0, 0.05) is 0 Å². The van der Waals surface area contributed by atoms with Gasteiger partial charge in [0.05, 0.1) is 12.3 Å². The molecule has 0 unspecified atom stereocenters. The predicted octanol–water partition coefficient (Wildman–Crippen LogP) is 1.84. The van der Waals surface area contributed by atoms with Crippen LogP contribution in [0.1, 0.15) is 5.56 Å². The van der Waals surface area contributed by atoms with Crippen molar-refractivity contribution in [2.24, 2.45) is 0 Å². The maximum Gasteiger partial charge on any atom is 0.345 e. The van der Waals surface area contributed by atoms with Gasteiger partial charge in [0.15, 0.2) is 0 Å². The Balaban J connectivity index is 2.25. The smallest absolute Gasteiger partial charge is 0.345 e. The number of rotatable bonds is 3. The van der Waals surface area contributed by atoms with Gasteiger partial charge in [-0.2, -0.15) is 0 Å². The van der Waals surface area contributed by atoms with Gasteiger partial charge in [-0.3, -0.25) is 0 Å². The molecule has 15 heavy (non-hydrogen) atoms. The highest BCUT2D eigenvalue weighted by Crippen LogP contribution is 2.11. The first-order valence-electron chi connectivity index (χ1n) is 4.47. The molecule has 2 aromatic rings. The van der Waals surface area contributed by atoms with Crippen LogP contribution in [0.25, 0.3) is 0 Å². The minimum Gasteiger partial charge on any atom is -0.358 e. The molecule has 0 saturated heterocycles. The summed E-state index contributed by atoms with van der Waals surface area (Å²) in [6.45, 7) is 0.421. The Morgan fingerprint density at radius 1 is 1.27 bits per heavy atom. The van der Waals surface area contributed by atoms with Crippen molar-refractivity contribution in [3.63, 3.8) is 0 Å². The summed E-state index contributed by atoms with van der Waals surface area (Å²) in [7, 11) is 0. The molecule has 0 atom stereocenters. The van der Waals surface area contributed by atoms with Gasteiger partial charge in [0.2, 0.25) is 0 Å². The summed E-state index contributed by atoms with van der Waals surface area (Å²) in [5, 5.41) is 14.5. The van der Waals surface area contributed by atoms with Crippen LogP contribution >= 0.6 is 0 Å². The molecule has 5 heteroatoms. The predicted molar refractivity (Wildman–Crippen MR) is 54.4 cm³/mol. The SMILES string of the molecule is O=[N+]([O-])c1ccnn1Cc1ccccc1. The van der Waals surface area contributed by atoms with Crippen molar-refractivity contribution >= 4 is 5.82 Å². The van der Waals surface area contributed by atoms with Gasteiger partial charge in [0.1, 0.15) is 6.54 Å². The van der Waals surface area contributed by atoms with Crippen LogP contribution in [-0.4, -0.2) is 14.7 Å². The summed E-state index contributed by atoms with van der Waals surface area (Å²) in [6.07, 6.45) is 1.43. The average Bonchev–Trinajstić information content (AvgIpc) is 2.67. The van der Waals surface area contributed by atoms with Crippen LogP contribution in [0.3, 0.4) is 0 Å². The van der Waals surface area contributed by atoms with Crippen molar-refractivity contribution in [3.8, 4) is 0 Å². The van der Waals surface area contributed by atoms with E-state index in [1.54, 1.807) is 0 Å². The van der Waals surface area contributed by atoms with E-state index in [0.29, 0.717) is 6.54 Å². The van der Waals surface area contributed by atoms with Gasteiger partial charge in [-0.15, -0.1) is 4.68 Å². The van der Waals surface area contributed by atoms with Gasteiger partial charge >= 0.3 is 5.82 Å². The minimum absolute atomic E-state index is 0.0128. The van der Waals surface area contributed by atoms with Crippen LogP contribution in [0.4, 0.5) is 5.82 Å². The molecular weight excluding hydrogens is 194 g/mol. The molecule has 0 N–H and O–H groups in total. The molecule has 1 aromatic heterocycles. The van der Waals surface area contributed by atoms with Crippen LogP contribution in [0.2, 0.25) is 0 Å². The zero-order chi connectivity index (χ0) is 10.7. The number of nitro groups is 1. The summed E-state index contributed by atoms with van der Waals surface area (Å²) in [5.74, 6) is 0.0128. The van der Waals surface area contributed by atoms with Gasteiger partial charge < -0.3 is 10.1 Å². The Kier molecular flexibility index (Phi) is 2.45. The van der Waals surface area contributed by atoms with E-state index in [0.717, 1.165) is 5.56 Å². The van der Waals surface area contributed by atoms with Crippen LogP contribution in [-0.2, 0) is 6.54 Å². The molecule has 0 aliphatic heterocycles. The van der Waals surface area contributed by atoms with Crippen molar-refractivity contribution < 1.29 is 4.92 Å². The first-order chi connectivity index (χ1) is 7.27. The first kappa shape index (κ1) is 9.39. The Bertz CT molecular complexity index is 465. The molecule has 0 bridgehead atoms. The Morgan fingerprint density at radius 3 is 2.67 bits per heavy atom. The molecule has 0 aliphatic carbocycles. The van der Waals surface area contributed by atoms with E-state index in [4.69, 9.17) is 0 Å². The highest BCUT2D eigenvalue weighted by atomic mass is 16.6. The number of nitrogens with zero attached hydrogens (tertiary/aromatic N) is 3. The molecule has 5 nitrogen and oxygen atoms in total. The second-order valence-corrected chi connectivity index (χ2v) is 3.09. The molecule has 0 aliphatic rings. The molecule has 76 valence electrons. The van der Waals surface area contributed by atoms with E-state index in [-0.39, 0.29) is 5.82 Å². The number of benzene rings is 1. The zero-order valence-electron chi connectivity index (χ0n) is 7.91. The van der Waals surface area contributed by atoms with Crippen molar-refractivity contribution in [1.29, 1.82) is 0 Å². The van der Waals surface area contributed by atoms with Crippen LogP contribution in [0, 0.1) is 10.1 Å². The zero-order valence-corrected chi connectivity index (χ0v) is 7.91. The molecule has 0 spiro atoms. The van der Waals surface area contributed by atoms with E-state index < -0.39 is 4.92 Å². The lowest BCUT2D eigenvalue weighted by molar-refractivity contribution is -0.392. The third kappa shape index (κ3) is 2.01. The highest BCUT2D eigenvalue weighted by molar-refractivity contribution is 5.21. The average molecular weight is 203 g/mol. The van der Waals surface area contributed by atoms with Gasteiger partial charge in [0.25, 0.3) is 0 Å². The summed E-state index contributed by atoms with van der Waals surface area (Å²) in [6, 6.07) is 10.9. The van der Waals surface area contributed by atoms with E-state index >= 15 is 0 Å². The maximum atomic E-state index is 10.6. The standard InChI is InChI=1S/C10H9N3O2/c14-13(15)10-6-7-11-12(10)8-9-4-2-1-3-5-9/h1-7H,8H2. The van der Waals surface area contributed by atoms with E-state index in [1.807, 2.05) is 30.3 Å². The quantitative estimate of drug-likeness (QED) is 0.564. The fraction of sp³-hybridized carbons (Fsp3) is 0.100. The van der Waals surface area contributed by atoms with Crippen molar-refractivity contribution in [3.05, 3.63) is 58.3 Å². The third-order valence-electron chi connectivity index (χ3n) is 2.06. The summed E-state index contributed by atoms with van der Waals surface area (Å²) >= 11 is 0.